The van der Waals surface area contributed by atoms with Gasteiger partial charge in [0.25, 0.3) is 0 Å². The van der Waals surface area contributed by atoms with Gasteiger partial charge in [0, 0.05) is 12.3 Å². The van der Waals surface area contributed by atoms with Gasteiger partial charge in [-0.05, 0) is 18.9 Å². The number of hydrogen-bond donors (Lipinski definition) is 1. The number of aromatic nitrogens is 1. The van der Waals surface area contributed by atoms with Crippen LogP contribution in [0.25, 0.3) is 0 Å². The van der Waals surface area contributed by atoms with Gasteiger partial charge < -0.3 is 9.72 Å². The van der Waals surface area contributed by atoms with Crippen molar-refractivity contribution in [2.75, 3.05) is 0 Å². The lowest BCUT2D eigenvalue weighted by Crippen LogP contribution is -2.35. The highest BCUT2D eigenvalue weighted by Crippen LogP contribution is 2.36. The third-order valence-corrected chi connectivity index (χ3v) is 3.60. The molecule has 0 radical (unpaired) electrons. The van der Waals surface area contributed by atoms with Crippen LogP contribution in [0.5, 0.6) is 0 Å². The van der Waals surface area contributed by atoms with Gasteiger partial charge in [-0.1, -0.05) is 19.3 Å². The first-order valence-corrected chi connectivity index (χ1v) is 6.21. The minimum Gasteiger partial charge on any atom is -0.405 e. The summed E-state index contributed by atoms with van der Waals surface area (Å²) in [5.74, 6) is 0.0848. The summed E-state index contributed by atoms with van der Waals surface area (Å²) in [6, 6.07) is 3.02. The second-order valence-electron chi connectivity index (χ2n) is 4.84. The van der Waals surface area contributed by atoms with E-state index in [1.54, 1.807) is 6.07 Å². The Kier molecular flexibility index (Phi) is 2.54. The number of nitrogens with zero attached hydrogens (tertiary/aromatic N) is 1. The molecule has 2 aliphatic rings. The molecule has 1 aliphatic heterocycles. The van der Waals surface area contributed by atoms with Gasteiger partial charge in [-0.15, -0.1) is 0 Å². The summed E-state index contributed by atoms with van der Waals surface area (Å²) in [5, 5.41) is 0. The summed E-state index contributed by atoms with van der Waals surface area (Å²) in [6.07, 6.45) is 6.22. The number of ether oxygens (including phenoxy) is 1. The Morgan fingerprint density at radius 2 is 1.94 bits per heavy atom. The quantitative estimate of drug-likeness (QED) is 0.761. The fourth-order valence-corrected chi connectivity index (χ4v) is 2.57. The maximum absolute atomic E-state index is 12.0. The molecule has 0 aromatic carbocycles. The van der Waals surface area contributed by atoms with Crippen molar-refractivity contribution in [2.24, 2.45) is 4.99 Å². The summed E-state index contributed by atoms with van der Waals surface area (Å²) in [4.78, 5) is 30.0. The first-order valence-electron chi connectivity index (χ1n) is 6.21. The number of cyclic esters (lactones) is 1. The predicted octanol–water partition coefficient (Wildman–Crippen LogP) is 1.38. The van der Waals surface area contributed by atoms with Crippen LogP contribution >= 0.6 is 0 Å². The van der Waals surface area contributed by atoms with Crippen molar-refractivity contribution < 1.29 is 9.53 Å². The molecule has 1 fully saturated rings. The number of rotatable bonds is 1. The number of pyridine rings is 1. The van der Waals surface area contributed by atoms with Crippen LogP contribution in [0, 0.1) is 0 Å². The molecule has 5 heteroatoms. The van der Waals surface area contributed by atoms with Gasteiger partial charge in [0.1, 0.15) is 0 Å². The van der Waals surface area contributed by atoms with Gasteiger partial charge in [0.2, 0.25) is 11.5 Å². The molecule has 0 unspecified atom stereocenters. The van der Waals surface area contributed by atoms with E-state index in [1.807, 2.05) is 0 Å². The Bertz CT molecular complexity index is 547. The van der Waals surface area contributed by atoms with Gasteiger partial charge in [-0.2, -0.15) is 0 Å². The number of aliphatic imine (C=N–C) groups is 1. The molecule has 1 N–H and O–H groups in total. The van der Waals surface area contributed by atoms with Gasteiger partial charge in [0.05, 0.1) is 5.56 Å². The van der Waals surface area contributed by atoms with E-state index in [0.717, 1.165) is 32.1 Å². The lowest BCUT2D eigenvalue weighted by molar-refractivity contribution is -0.140. The first-order chi connectivity index (χ1) is 8.70. The van der Waals surface area contributed by atoms with E-state index in [2.05, 4.69) is 9.98 Å². The topological polar surface area (TPSA) is 71.5 Å². The van der Waals surface area contributed by atoms with E-state index in [-0.39, 0.29) is 11.5 Å². The maximum atomic E-state index is 12.0. The molecule has 0 saturated heterocycles. The third-order valence-electron chi connectivity index (χ3n) is 3.60. The van der Waals surface area contributed by atoms with Crippen LogP contribution < -0.4 is 5.56 Å². The van der Waals surface area contributed by atoms with Crippen molar-refractivity contribution in [2.45, 2.75) is 37.6 Å². The zero-order valence-corrected chi connectivity index (χ0v) is 9.94. The molecule has 94 valence electrons. The number of esters is 1. The average Bonchev–Trinajstić information content (AvgIpc) is 2.69. The van der Waals surface area contributed by atoms with E-state index < -0.39 is 5.54 Å². The summed E-state index contributed by atoms with van der Waals surface area (Å²) >= 11 is 0. The Morgan fingerprint density at radius 1 is 1.17 bits per heavy atom. The number of carbonyl (C=O) groups excluding carboxylic acids is 1. The molecule has 2 heterocycles. The lowest BCUT2D eigenvalue weighted by atomic mass is 9.83. The van der Waals surface area contributed by atoms with Crippen molar-refractivity contribution in [3.63, 3.8) is 0 Å². The van der Waals surface area contributed by atoms with Crippen LogP contribution in [0.2, 0.25) is 0 Å². The molecule has 0 amide bonds. The number of nitrogens with one attached hydrogen (secondary N) is 1. The monoisotopic (exact) mass is 246 g/mol. The minimum atomic E-state index is -0.663. The van der Waals surface area contributed by atoms with Crippen molar-refractivity contribution in [1.82, 2.24) is 4.98 Å². The Morgan fingerprint density at radius 3 is 2.61 bits per heavy atom. The average molecular weight is 246 g/mol. The van der Waals surface area contributed by atoms with Crippen LogP contribution in [0.3, 0.4) is 0 Å². The Balaban J connectivity index is 1.94. The Labute approximate surface area is 104 Å². The zero-order valence-electron chi connectivity index (χ0n) is 9.94. The Hall–Kier alpha value is -1.91. The highest BCUT2D eigenvalue weighted by Gasteiger charge is 2.46. The summed E-state index contributed by atoms with van der Waals surface area (Å²) in [7, 11) is 0. The normalized spacial score (nSPS) is 21.8. The molecular formula is C13H14N2O3. The fourth-order valence-electron chi connectivity index (χ4n) is 2.57. The van der Waals surface area contributed by atoms with Gasteiger partial charge in [-0.3, -0.25) is 4.79 Å². The molecular weight excluding hydrogens is 232 g/mol. The van der Waals surface area contributed by atoms with Crippen LogP contribution in [-0.4, -0.2) is 22.4 Å². The van der Waals surface area contributed by atoms with Crippen LogP contribution in [0.4, 0.5) is 0 Å². The van der Waals surface area contributed by atoms with Gasteiger partial charge in [-0.25, -0.2) is 9.79 Å². The number of carbonyl (C=O) groups is 1. The highest BCUT2D eigenvalue weighted by atomic mass is 16.6. The van der Waals surface area contributed by atoms with Crippen molar-refractivity contribution in [1.29, 1.82) is 0 Å². The van der Waals surface area contributed by atoms with Crippen molar-refractivity contribution >= 4 is 11.9 Å². The molecule has 5 nitrogen and oxygen atoms in total. The first kappa shape index (κ1) is 11.2. The SMILES string of the molecule is O=C1OC(c2ccc(=O)[nH]c2)=NC12CCCCC2. The van der Waals surface area contributed by atoms with E-state index in [1.165, 1.54) is 12.3 Å². The summed E-state index contributed by atoms with van der Waals surface area (Å²) in [5.41, 5.74) is -0.203. The molecule has 18 heavy (non-hydrogen) atoms. The highest BCUT2D eigenvalue weighted by molar-refractivity contribution is 6.07. The van der Waals surface area contributed by atoms with Crippen molar-refractivity contribution in [3.05, 3.63) is 34.2 Å². The van der Waals surface area contributed by atoms with Crippen molar-refractivity contribution in [3.8, 4) is 0 Å². The molecule has 1 saturated carbocycles. The predicted molar refractivity (Wildman–Crippen MR) is 65.5 cm³/mol. The number of H-pyrrole nitrogens is 1. The fraction of sp³-hybridized carbons (Fsp3) is 0.462. The second-order valence-corrected chi connectivity index (χ2v) is 4.84. The molecule has 3 rings (SSSR count). The third kappa shape index (κ3) is 1.75. The van der Waals surface area contributed by atoms with Gasteiger partial charge >= 0.3 is 5.97 Å². The molecule has 1 aliphatic carbocycles. The standard InChI is InChI=1S/C13H14N2O3/c16-10-5-4-9(8-14-10)11-15-13(12(17)18-11)6-2-1-3-7-13/h4-5,8H,1-3,6-7H2,(H,14,16). The molecule has 0 atom stereocenters. The maximum Gasteiger partial charge on any atom is 0.340 e. The summed E-state index contributed by atoms with van der Waals surface area (Å²) in [6.45, 7) is 0. The van der Waals surface area contributed by atoms with E-state index in [9.17, 15) is 9.59 Å². The molecule has 0 bridgehead atoms. The number of hydrogen-bond acceptors (Lipinski definition) is 4. The zero-order chi connectivity index (χ0) is 12.6. The second kappa shape index (κ2) is 4.08. The molecule has 1 aromatic rings. The lowest BCUT2D eigenvalue weighted by Gasteiger charge is -2.25. The van der Waals surface area contributed by atoms with E-state index in [4.69, 9.17) is 4.74 Å². The largest absolute Gasteiger partial charge is 0.405 e. The van der Waals surface area contributed by atoms with Gasteiger partial charge in [0.15, 0.2) is 5.54 Å². The smallest absolute Gasteiger partial charge is 0.340 e. The number of aromatic amines is 1. The van der Waals surface area contributed by atoms with Crippen LogP contribution in [-0.2, 0) is 9.53 Å². The van der Waals surface area contributed by atoms with Crippen LogP contribution in [0.15, 0.2) is 28.1 Å². The molecule has 1 spiro atoms. The molecule has 1 aromatic heterocycles. The van der Waals surface area contributed by atoms with E-state index in [0.29, 0.717) is 11.5 Å². The van der Waals surface area contributed by atoms with E-state index >= 15 is 0 Å². The van der Waals surface area contributed by atoms with Crippen LogP contribution in [0.1, 0.15) is 37.7 Å². The minimum absolute atomic E-state index is 0.184. The summed E-state index contributed by atoms with van der Waals surface area (Å²) < 4.78 is 5.27.